The van der Waals surface area contributed by atoms with Crippen LogP contribution in [0.3, 0.4) is 0 Å². The number of methoxy groups -OCH3 is 1. The number of fused-ring (bicyclic) bond motifs is 1. The Bertz CT molecular complexity index is 667. The maximum atomic E-state index is 11.2. The second-order valence-corrected chi connectivity index (χ2v) is 4.73. The van der Waals surface area contributed by atoms with E-state index in [0.29, 0.717) is 11.3 Å². The molecule has 0 unspecified atom stereocenters. The van der Waals surface area contributed by atoms with Crippen molar-refractivity contribution in [1.82, 2.24) is 4.57 Å². The first-order valence-corrected chi connectivity index (χ1v) is 6.31. The van der Waals surface area contributed by atoms with Crippen LogP contribution in [0.25, 0.3) is 10.2 Å². The quantitative estimate of drug-likeness (QED) is 0.797. The van der Waals surface area contributed by atoms with Gasteiger partial charge in [0, 0.05) is 13.5 Å². The van der Waals surface area contributed by atoms with Gasteiger partial charge in [0.1, 0.15) is 11.3 Å². The summed E-state index contributed by atoms with van der Waals surface area (Å²) in [7, 11) is 1.63. The lowest BCUT2D eigenvalue weighted by molar-refractivity contribution is -0.116. The Morgan fingerprint density at radius 2 is 2.39 bits per heavy atom. The number of ether oxygens (including phenoxy) is 1. The predicted octanol–water partition coefficient (Wildman–Crippen LogP) is 2.34. The molecule has 18 heavy (non-hydrogen) atoms. The van der Waals surface area contributed by atoms with Gasteiger partial charge < -0.3 is 9.30 Å². The minimum Gasteiger partial charge on any atom is -0.495 e. The van der Waals surface area contributed by atoms with E-state index in [1.165, 1.54) is 18.3 Å². The number of benzene rings is 1. The van der Waals surface area contributed by atoms with E-state index in [1.54, 1.807) is 13.2 Å². The Balaban J connectivity index is 2.84. The van der Waals surface area contributed by atoms with Crippen molar-refractivity contribution >= 4 is 27.5 Å². The Morgan fingerprint density at radius 3 is 3.00 bits per heavy atom. The van der Waals surface area contributed by atoms with Crippen molar-refractivity contribution in [3.63, 3.8) is 0 Å². The first-order chi connectivity index (χ1) is 8.67. The Kier molecular flexibility index (Phi) is 3.62. The molecule has 0 spiro atoms. The third-order valence-corrected chi connectivity index (χ3v) is 3.49. The van der Waals surface area contributed by atoms with Gasteiger partial charge in [-0.3, -0.25) is 4.79 Å². The van der Waals surface area contributed by atoms with Gasteiger partial charge in [0.15, 0.2) is 4.80 Å². The Morgan fingerprint density at radius 1 is 1.61 bits per heavy atom. The van der Waals surface area contributed by atoms with Crippen LogP contribution in [-0.2, 0) is 11.3 Å². The summed E-state index contributed by atoms with van der Waals surface area (Å²) in [6, 6.07) is 5.81. The van der Waals surface area contributed by atoms with E-state index in [-0.39, 0.29) is 5.91 Å². The number of thiazole rings is 1. The van der Waals surface area contributed by atoms with Crippen LogP contribution < -0.4 is 9.54 Å². The van der Waals surface area contributed by atoms with Crippen LogP contribution in [-0.4, -0.2) is 17.6 Å². The maximum Gasteiger partial charge on any atom is 0.245 e. The Labute approximate surface area is 109 Å². The minimum absolute atomic E-state index is 0.210. The molecule has 0 aliphatic rings. The highest BCUT2D eigenvalue weighted by Crippen LogP contribution is 2.27. The Hall–Kier alpha value is -1.88. The number of para-hydroxylation sites is 1. The maximum absolute atomic E-state index is 11.2. The molecule has 5 heteroatoms. The van der Waals surface area contributed by atoms with Gasteiger partial charge in [0.05, 0.1) is 11.8 Å². The van der Waals surface area contributed by atoms with E-state index in [0.717, 1.165) is 16.0 Å². The monoisotopic (exact) mass is 262 g/mol. The van der Waals surface area contributed by atoms with E-state index < -0.39 is 0 Å². The summed E-state index contributed by atoms with van der Waals surface area (Å²) < 4.78 is 8.33. The average Bonchev–Trinajstić information content (AvgIpc) is 2.67. The molecule has 0 aliphatic carbocycles. The fraction of sp³-hybridized carbons (Fsp3) is 0.231. The van der Waals surface area contributed by atoms with Crippen LogP contribution >= 0.6 is 11.3 Å². The summed E-state index contributed by atoms with van der Waals surface area (Å²) in [6.45, 7) is 5.77. The first kappa shape index (κ1) is 12.6. The number of nitrogens with zero attached hydrogens (tertiary/aromatic N) is 2. The van der Waals surface area contributed by atoms with Gasteiger partial charge >= 0.3 is 0 Å². The topological polar surface area (TPSA) is 43.6 Å². The van der Waals surface area contributed by atoms with Crippen LogP contribution in [0.1, 0.15) is 6.92 Å². The second kappa shape index (κ2) is 5.18. The normalized spacial score (nSPS) is 11.8. The highest BCUT2D eigenvalue weighted by Gasteiger charge is 2.10. The SMILES string of the molecule is C=CCn1c(=NC(C)=O)sc2cccc(OC)c21. The predicted molar refractivity (Wildman–Crippen MR) is 72.8 cm³/mol. The zero-order valence-electron chi connectivity index (χ0n) is 10.3. The lowest BCUT2D eigenvalue weighted by Crippen LogP contribution is -2.15. The smallest absolute Gasteiger partial charge is 0.245 e. The molecule has 94 valence electrons. The molecule has 2 aromatic rings. The average molecular weight is 262 g/mol. The fourth-order valence-corrected chi connectivity index (χ4v) is 2.88. The summed E-state index contributed by atoms with van der Waals surface area (Å²) in [5.41, 5.74) is 0.949. The molecule has 2 rings (SSSR count). The van der Waals surface area contributed by atoms with Crippen LogP contribution in [0.15, 0.2) is 35.8 Å². The third kappa shape index (κ3) is 2.22. The zero-order chi connectivity index (χ0) is 13.1. The number of rotatable bonds is 3. The third-order valence-electron chi connectivity index (χ3n) is 2.45. The number of carbonyl (C=O) groups excluding carboxylic acids is 1. The zero-order valence-corrected chi connectivity index (χ0v) is 11.2. The molecule has 0 bridgehead atoms. The number of aromatic nitrogens is 1. The molecular formula is C13H14N2O2S. The number of amides is 1. The van der Waals surface area contributed by atoms with E-state index in [9.17, 15) is 4.79 Å². The fourth-order valence-electron chi connectivity index (χ4n) is 1.78. The molecular weight excluding hydrogens is 248 g/mol. The molecule has 0 radical (unpaired) electrons. The lowest BCUT2D eigenvalue weighted by atomic mass is 10.3. The molecule has 1 amide bonds. The van der Waals surface area contributed by atoms with E-state index >= 15 is 0 Å². The highest BCUT2D eigenvalue weighted by atomic mass is 32.1. The van der Waals surface area contributed by atoms with Gasteiger partial charge in [-0.1, -0.05) is 23.5 Å². The van der Waals surface area contributed by atoms with Crippen molar-refractivity contribution in [2.75, 3.05) is 7.11 Å². The minimum atomic E-state index is -0.210. The molecule has 0 N–H and O–H groups in total. The van der Waals surface area contributed by atoms with Gasteiger partial charge in [-0.05, 0) is 12.1 Å². The van der Waals surface area contributed by atoms with Gasteiger partial charge in [0.25, 0.3) is 0 Å². The van der Waals surface area contributed by atoms with E-state index in [4.69, 9.17) is 4.74 Å². The molecule has 1 aromatic heterocycles. The van der Waals surface area contributed by atoms with Crippen molar-refractivity contribution in [2.24, 2.45) is 4.99 Å². The van der Waals surface area contributed by atoms with Crippen molar-refractivity contribution in [1.29, 1.82) is 0 Å². The van der Waals surface area contributed by atoms with Gasteiger partial charge in [-0.2, -0.15) is 4.99 Å². The largest absolute Gasteiger partial charge is 0.495 e. The summed E-state index contributed by atoms with van der Waals surface area (Å²) in [6.07, 6.45) is 1.78. The molecule has 0 saturated carbocycles. The van der Waals surface area contributed by atoms with E-state index in [1.807, 2.05) is 22.8 Å². The number of allylic oxidation sites excluding steroid dienone is 1. The molecule has 0 fully saturated rings. The summed E-state index contributed by atoms with van der Waals surface area (Å²) in [5, 5.41) is 0. The van der Waals surface area contributed by atoms with Crippen molar-refractivity contribution < 1.29 is 9.53 Å². The standard InChI is InChI=1S/C13H14N2O2S/c1-4-8-15-12-10(17-3)6-5-7-11(12)18-13(15)14-9(2)16/h4-7H,1,8H2,2-3H3. The van der Waals surface area contributed by atoms with Crippen LogP contribution in [0.5, 0.6) is 5.75 Å². The molecule has 1 heterocycles. The number of carbonyl (C=O) groups is 1. The van der Waals surface area contributed by atoms with Crippen molar-refractivity contribution in [2.45, 2.75) is 13.5 Å². The molecule has 1 aromatic carbocycles. The summed E-state index contributed by atoms with van der Waals surface area (Å²) >= 11 is 1.47. The number of hydrogen-bond donors (Lipinski definition) is 0. The van der Waals surface area contributed by atoms with Gasteiger partial charge in [-0.25, -0.2) is 0 Å². The number of hydrogen-bond acceptors (Lipinski definition) is 3. The van der Waals surface area contributed by atoms with Crippen LogP contribution in [0, 0.1) is 0 Å². The van der Waals surface area contributed by atoms with Crippen molar-refractivity contribution in [3.8, 4) is 5.75 Å². The van der Waals surface area contributed by atoms with Crippen molar-refractivity contribution in [3.05, 3.63) is 35.7 Å². The highest BCUT2D eigenvalue weighted by molar-refractivity contribution is 7.16. The lowest BCUT2D eigenvalue weighted by Gasteiger charge is -2.05. The summed E-state index contributed by atoms with van der Waals surface area (Å²) in [4.78, 5) is 15.9. The van der Waals surface area contributed by atoms with E-state index in [2.05, 4.69) is 11.6 Å². The van der Waals surface area contributed by atoms with Gasteiger partial charge in [0.2, 0.25) is 5.91 Å². The second-order valence-electron chi connectivity index (χ2n) is 3.72. The first-order valence-electron chi connectivity index (χ1n) is 5.50. The van der Waals surface area contributed by atoms with Crippen LogP contribution in [0.2, 0.25) is 0 Å². The van der Waals surface area contributed by atoms with Crippen LogP contribution in [0.4, 0.5) is 0 Å². The summed E-state index contributed by atoms with van der Waals surface area (Å²) in [5.74, 6) is 0.564. The molecule has 0 saturated heterocycles. The molecule has 4 nitrogen and oxygen atoms in total. The molecule has 0 atom stereocenters. The van der Waals surface area contributed by atoms with Gasteiger partial charge in [-0.15, -0.1) is 6.58 Å². The molecule has 0 aliphatic heterocycles.